The summed E-state index contributed by atoms with van der Waals surface area (Å²) >= 11 is 0. The molecule has 2 aromatic rings. The van der Waals surface area contributed by atoms with Crippen LogP contribution >= 0.6 is 0 Å². The Balaban J connectivity index is 1.84. The Labute approximate surface area is 166 Å². The van der Waals surface area contributed by atoms with Crippen LogP contribution in [0.4, 0.5) is 0 Å². The molecule has 0 spiro atoms. The van der Waals surface area contributed by atoms with E-state index in [1.807, 2.05) is 19.1 Å². The Morgan fingerprint density at radius 2 is 2.00 bits per heavy atom. The molecule has 2 amide bonds. The molecule has 2 N–H and O–H groups in total. The van der Waals surface area contributed by atoms with Crippen molar-refractivity contribution in [3.63, 3.8) is 0 Å². The van der Waals surface area contributed by atoms with Crippen molar-refractivity contribution in [2.75, 3.05) is 12.3 Å². The van der Waals surface area contributed by atoms with Gasteiger partial charge in [0.15, 0.2) is 0 Å². The van der Waals surface area contributed by atoms with Crippen LogP contribution in [0.15, 0.2) is 30.5 Å². The Bertz CT molecular complexity index is 954. The minimum atomic E-state index is -1.14. The third-order valence-corrected chi connectivity index (χ3v) is 6.46. The van der Waals surface area contributed by atoms with Gasteiger partial charge >= 0.3 is 0 Å². The average molecular weight is 401 g/mol. The highest BCUT2D eigenvalue weighted by molar-refractivity contribution is 7.83. The van der Waals surface area contributed by atoms with Gasteiger partial charge in [0.1, 0.15) is 23.1 Å². The predicted octanol–water partition coefficient (Wildman–Crippen LogP) is 2.25. The first-order chi connectivity index (χ1) is 13.5. The Kier molecular flexibility index (Phi) is 6.15. The molecule has 1 aliphatic rings. The van der Waals surface area contributed by atoms with Gasteiger partial charge in [-0.1, -0.05) is 26.2 Å². The number of carbonyl (C=O) groups is 2. The molecule has 0 radical (unpaired) electrons. The molecule has 1 unspecified atom stereocenters. The summed E-state index contributed by atoms with van der Waals surface area (Å²) in [6.07, 6.45) is 5.60. The minimum Gasteiger partial charge on any atom is -0.341 e. The Morgan fingerprint density at radius 1 is 1.25 bits per heavy atom. The van der Waals surface area contributed by atoms with E-state index in [0.717, 1.165) is 30.2 Å². The van der Waals surface area contributed by atoms with Gasteiger partial charge in [0, 0.05) is 22.9 Å². The normalized spacial score (nSPS) is 16.9. The lowest BCUT2D eigenvalue weighted by molar-refractivity contribution is -0.128. The largest absolute Gasteiger partial charge is 0.341 e. The third-order valence-electron chi connectivity index (χ3n) is 5.21. The van der Waals surface area contributed by atoms with Crippen molar-refractivity contribution in [2.45, 2.75) is 44.6 Å². The molecule has 1 atom stereocenters. The molecule has 28 heavy (non-hydrogen) atoms. The average Bonchev–Trinajstić information content (AvgIpc) is 3.15. The molecular formula is C20H24N4O3S. The van der Waals surface area contributed by atoms with Crippen LogP contribution in [-0.2, 0) is 15.8 Å². The van der Waals surface area contributed by atoms with Crippen LogP contribution in [0.5, 0.6) is 0 Å². The van der Waals surface area contributed by atoms with E-state index >= 15 is 0 Å². The van der Waals surface area contributed by atoms with Gasteiger partial charge in [0.25, 0.3) is 5.91 Å². The van der Waals surface area contributed by atoms with Crippen LogP contribution in [0.2, 0.25) is 0 Å². The van der Waals surface area contributed by atoms with Crippen LogP contribution in [-0.4, -0.2) is 37.8 Å². The lowest BCUT2D eigenvalue weighted by Crippen LogP contribution is -2.59. The lowest BCUT2D eigenvalue weighted by atomic mass is 9.80. The molecule has 0 bridgehead atoms. The second kappa shape index (κ2) is 8.57. The van der Waals surface area contributed by atoms with Crippen molar-refractivity contribution < 1.29 is 13.8 Å². The summed E-state index contributed by atoms with van der Waals surface area (Å²) in [6, 6.07) is 8.95. The summed E-state index contributed by atoms with van der Waals surface area (Å²) in [5.74, 6) is -0.111. The first-order valence-electron chi connectivity index (χ1n) is 9.48. The number of fused-ring (bicyclic) bond motifs is 1. The van der Waals surface area contributed by atoms with Gasteiger partial charge in [-0.3, -0.25) is 13.6 Å². The van der Waals surface area contributed by atoms with E-state index in [4.69, 9.17) is 5.26 Å². The molecule has 3 rings (SSSR count). The molecule has 1 fully saturated rings. The monoisotopic (exact) mass is 400 g/mol. The molecule has 148 valence electrons. The van der Waals surface area contributed by atoms with Gasteiger partial charge in [-0.15, -0.1) is 0 Å². The number of nitriles is 1. The lowest BCUT2D eigenvalue weighted by Gasteiger charge is -2.36. The number of rotatable bonds is 6. The molecule has 1 saturated carbocycles. The Morgan fingerprint density at radius 3 is 2.68 bits per heavy atom. The number of aromatic nitrogens is 1. The molecule has 8 heteroatoms. The van der Waals surface area contributed by atoms with Crippen molar-refractivity contribution >= 4 is 33.7 Å². The van der Waals surface area contributed by atoms with Crippen LogP contribution in [0, 0.1) is 11.3 Å². The maximum Gasteiger partial charge on any atom is 0.252 e. The quantitative estimate of drug-likeness (QED) is 0.726. The number of hydrogen-bond donors (Lipinski definition) is 2. The second-order valence-electron chi connectivity index (χ2n) is 6.96. The summed E-state index contributed by atoms with van der Waals surface area (Å²) < 4.78 is 13.8. The van der Waals surface area contributed by atoms with Crippen LogP contribution in [0.3, 0.4) is 0 Å². The fraction of sp³-hybridized carbons (Fsp3) is 0.450. The van der Waals surface area contributed by atoms with Crippen molar-refractivity contribution in [3.05, 3.63) is 36.0 Å². The smallest absolute Gasteiger partial charge is 0.252 e. The van der Waals surface area contributed by atoms with E-state index < -0.39 is 16.5 Å². The molecule has 0 saturated heterocycles. The summed E-state index contributed by atoms with van der Waals surface area (Å²) in [5, 5.41) is 15.1. The van der Waals surface area contributed by atoms with Crippen molar-refractivity contribution in [2.24, 2.45) is 0 Å². The van der Waals surface area contributed by atoms with Gasteiger partial charge in [0.2, 0.25) is 5.91 Å². The number of nitrogens with zero attached hydrogens (tertiary/aromatic N) is 2. The first-order valence-corrected chi connectivity index (χ1v) is 10.8. The zero-order valence-corrected chi connectivity index (χ0v) is 16.7. The maximum atomic E-state index is 12.9. The van der Waals surface area contributed by atoms with E-state index in [0.29, 0.717) is 24.2 Å². The number of benzene rings is 1. The molecule has 7 nitrogen and oxygen atoms in total. The molecule has 1 aromatic carbocycles. The predicted molar refractivity (Wildman–Crippen MR) is 108 cm³/mol. The second-order valence-corrected chi connectivity index (χ2v) is 8.58. The molecule has 1 heterocycles. The topological polar surface area (TPSA) is 104 Å². The highest BCUT2D eigenvalue weighted by Crippen LogP contribution is 2.29. The highest BCUT2D eigenvalue weighted by atomic mass is 32.2. The fourth-order valence-corrected chi connectivity index (χ4v) is 4.58. The molecule has 1 aromatic heterocycles. The van der Waals surface area contributed by atoms with E-state index in [1.54, 1.807) is 28.4 Å². The van der Waals surface area contributed by atoms with Crippen LogP contribution in [0.25, 0.3) is 10.9 Å². The van der Waals surface area contributed by atoms with E-state index in [9.17, 15) is 13.8 Å². The van der Waals surface area contributed by atoms with Crippen molar-refractivity contribution in [1.29, 1.82) is 5.26 Å². The Hall–Kier alpha value is -2.66. The zero-order valence-electron chi connectivity index (χ0n) is 15.9. The molecule has 0 aliphatic heterocycles. The van der Waals surface area contributed by atoms with Gasteiger partial charge in [-0.05, 0) is 37.1 Å². The first kappa shape index (κ1) is 20.1. The number of amides is 2. The van der Waals surface area contributed by atoms with E-state index in [1.165, 1.54) is 0 Å². The summed E-state index contributed by atoms with van der Waals surface area (Å²) in [4.78, 5) is 25.6. The summed E-state index contributed by atoms with van der Waals surface area (Å²) in [7, 11) is -1.14. The van der Waals surface area contributed by atoms with Gasteiger partial charge < -0.3 is 10.6 Å². The third kappa shape index (κ3) is 3.94. The summed E-state index contributed by atoms with van der Waals surface area (Å²) in [5.41, 5.74) is 0.276. The zero-order chi connectivity index (χ0) is 20.1. The molecule has 1 aliphatic carbocycles. The van der Waals surface area contributed by atoms with Gasteiger partial charge in [-0.25, -0.2) is 4.21 Å². The molecular weight excluding hydrogens is 376 g/mol. The van der Waals surface area contributed by atoms with E-state index in [-0.39, 0.29) is 18.4 Å². The highest BCUT2D eigenvalue weighted by Gasteiger charge is 2.40. The van der Waals surface area contributed by atoms with Crippen molar-refractivity contribution in [3.8, 4) is 6.07 Å². The summed E-state index contributed by atoms with van der Waals surface area (Å²) in [6.45, 7) is 1.77. The minimum absolute atomic E-state index is 0.0789. The van der Waals surface area contributed by atoms with E-state index in [2.05, 4.69) is 10.6 Å². The SMILES string of the molecule is CCS(=O)n1ccc2cc(C(=O)NC3(C(=O)NCC#N)CCCCC3)ccc21. The van der Waals surface area contributed by atoms with Crippen molar-refractivity contribution in [1.82, 2.24) is 14.6 Å². The fourth-order valence-electron chi connectivity index (χ4n) is 3.72. The van der Waals surface area contributed by atoms with Gasteiger partial charge in [-0.2, -0.15) is 5.26 Å². The number of nitrogens with one attached hydrogen (secondary N) is 2. The standard InChI is InChI=1S/C20H24N4O3S/c1-2-28(27)24-13-8-15-14-16(6-7-17(15)24)18(25)23-20(9-4-3-5-10-20)19(26)22-12-11-21/h6-8,13-14H,2-5,9-10,12H2,1H3,(H,22,26)(H,23,25). The number of carbonyl (C=O) groups excluding carboxylic acids is 2. The van der Waals surface area contributed by atoms with Crippen LogP contribution in [0.1, 0.15) is 49.4 Å². The maximum absolute atomic E-state index is 12.9. The number of hydrogen-bond acceptors (Lipinski definition) is 4. The van der Waals surface area contributed by atoms with Gasteiger partial charge in [0.05, 0.1) is 11.6 Å². The van der Waals surface area contributed by atoms with Crippen LogP contribution < -0.4 is 10.6 Å².